The van der Waals surface area contributed by atoms with E-state index in [0.717, 1.165) is 50.0 Å². The molecular weight excluding hydrogens is 300 g/mol. The molecule has 1 amide bonds. The Morgan fingerprint density at radius 2 is 2.17 bits per heavy atom. The van der Waals surface area contributed by atoms with Gasteiger partial charge in [0.15, 0.2) is 0 Å². The summed E-state index contributed by atoms with van der Waals surface area (Å²) in [5, 5.41) is 0. The minimum Gasteiger partial charge on any atom is -0.369 e. The molecule has 24 heavy (non-hydrogen) atoms. The number of benzene rings is 1. The molecule has 0 N–H and O–H groups in total. The maximum Gasteiger partial charge on any atom is 0.254 e. The summed E-state index contributed by atoms with van der Waals surface area (Å²) >= 11 is 0. The molecule has 3 aliphatic rings. The summed E-state index contributed by atoms with van der Waals surface area (Å²) in [6.45, 7) is 4.80. The highest BCUT2D eigenvalue weighted by Crippen LogP contribution is 2.55. The van der Waals surface area contributed by atoms with Crippen LogP contribution in [0.4, 0.5) is 0 Å². The van der Waals surface area contributed by atoms with Crippen LogP contribution in [-0.4, -0.2) is 61.1 Å². The number of carbonyl (C=O) groups excluding carboxylic acids is 1. The van der Waals surface area contributed by atoms with Gasteiger partial charge in [-0.05, 0) is 45.0 Å². The van der Waals surface area contributed by atoms with Gasteiger partial charge in [0.25, 0.3) is 5.91 Å². The van der Waals surface area contributed by atoms with Gasteiger partial charge in [-0.2, -0.15) is 0 Å². The second-order valence-corrected chi connectivity index (χ2v) is 7.99. The van der Waals surface area contributed by atoms with Crippen LogP contribution >= 0.6 is 0 Å². The Morgan fingerprint density at radius 1 is 1.38 bits per heavy atom. The Bertz CT molecular complexity index is 644. The highest BCUT2D eigenvalue weighted by Gasteiger charge is 2.63. The molecule has 2 bridgehead atoms. The SMILES string of the molecule is CCc1ccccc1C(=O)N1C[C@@H]2[C@H](CN(C)C)[C@H]3CC[C@]2(C1)O3. The standard InChI is InChI=1S/C20H28N2O2/c1-4-14-7-5-6-8-15(14)19(23)22-12-17-16(11-21(2)3)18-9-10-20(17,13-22)24-18/h5-8,16-18H,4,9-13H2,1-3H3/t16-,17+,18+,20+/m0/s1. The maximum absolute atomic E-state index is 13.1. The fourth-order valence-electron chi connectivity index (χ4n) is 5.22. The zero-order chi connectivity index (χ0) is 16.9. The molecule has 1 spiro atoms. The first-order valence-electron chi connectivity index (χ1n) is 9.24. The van der Waals surface area contributed by atoms with E-state index in [0.29, 0.717) is 17.9 Å². The molecule has 4 atom stereocenters. The van der Waals surface area contributed by atoms with Crippen molar-refractivity contribution < 1.29 is 9.53 Å². The molecule has 0 saturated carbocycles. The largest absolute Gasteiger partial charge is 0.369 e. The highest BCUT2D eigenvalue weighted by atomic mass is 16.5. The Kier molecular flexibility index (Phi) is 3.92. The molecule has 0 radical (unpaired) electrons. The van der Waals surface area contributed by atoms with Gasteiger partial charge in [-0.1, -0.05) is 25.1 Å². The summed E-state index contributed by atoms with van der Waals surface area (Å²) in [7, 11) is 4.27. The fourth-order valence-corrected chi connectivity index (χ4v) is 5.22. The van der Waals surface area contributed by atoms with Crippen LogP contribution in [0.25, 0.3) is 0 Å². The predicted octanol–water partition coefficient (Wildman–Crippen LogP) is 2.43. The summed E-state index contributed by atoms with van der Waals surface area (Å²) in [6.07, 6.45) is 3.57. The van der Waals surface area contributed by atoms with Gasteiger partial charge in [-0.25, -0.2) is 0 Å². The molecule has 1 aromatic carbocycles. The first kappa shape index (κ1) is 16.1. The lowest BCUT2D eigenvalue weighted by molar-refractivity contribution is 0.00255. The Morgan fingerprint density at radius 3 is 2.92 bits per heavy atom. The van der Waals surface area contributed by atoms with Gasteiger partial charge in [0.05, 0.1) is 18.2 Å². The Labute approximate surface area is 144 Å². The molecule has 0 unspecified atom stereocenters. The zero-order valence-electron chi connectivity index (χ0n) is 15.0. The lowest BCUT2D eigenvalue weighted by atomic mass is 9.73. The molecule has 4 nitrogen and oxygen atoms in total. The number of hydrogen-bond donors (Lipinski definition) is 0. The molecule has 130 valence electrons. The van der Waals surface area contributed by atoms with E-state index in [1.54, 1.807) is 0 Å². The molecule has 3 fully saturated rings. The van der Waals surface area contributed by atoms with E-state index < -0.39 is 0 Å². The molecule has 3 saturated heterocycles. The number of rotatable bonds is 4. The summed E-state index contributed by atoms with van der Waals surface area (Å²) < 4.78 is 6.45. The maximum atomic E-state index is 13.1. The smallest absolute Gasteiger partial charge is 0.254 e. The first-order valence-corrected chi connectivity index (χ1v) is 9.24. The van der Waals surface area contributed by atoms with Gasteiger partial charge in [0.1, 0.15) is 0 Å². The topological polar surface area (TPSA) is 32.8 Å². The van der Waals surface area contributed by atoms with Crippen molar-refractivity contribution in [1.29, 1.82) is 0 Å². The lowest BCUT2D eigenvalue weighted by Gasteiger charge is -2.30. The van der Waals surface area contributed by atoms with E-state index in [-0.39, 0.29) is 11.5 Å². The molecule has 3 heterocycles. The quantitative estimate of drug-likeness (QED) is 0.851. The van der Waals surface area contributed by atoms with Crippen LogP contribution < -0.4 is 0 Å². The van der Waals surface area contributed by atoms with Crippen molar-refractivity contribution in [3.63, 3.8) is 0 Å². The predicted molar refractivity (Wildman–Crippen MR) is 94.1 cm³/mol. The molecule has 1 aromatic rings. The van der Waals surface area contributed by atoms with Gasteiger partial charge in [0.2, 0.25) is 0 Å². The van der Waals surface area contributed by atoms with Crippen LogP contribution in [0.15, 0.2) is 24.3 Å². The van der Waals surface area contributed by atoms with Gasteiger partial charge >= 0.3 is 0 Å². The number of hydrogen-bond acceptors (Lipinski definition) is 3. The first-order chi connectivity index (χ1) is 11.5. The number of ether oxygens (including phenoxy) is 1. The number of aryl methyl sites for hydroxylation is 1. The Balaban J connectivity index is 1.57. The van der Waals surface area contributed by atoms with Crippen molar-refractivity contribution in [2.45, 2.75) is 37.9 Å². The molecule has 4 heteroatoms. The number of carbonyl (C=O) groups is 1. The molecule has 0 aliphatic carbocycles. The molecular formula is C20H28N2O2. The monoisotopic (exact) mass is 328 g/mol. The van der Waals surface area contributed by atoms with Gasteiger partial charge in [-0.15, -0.1) is 0 Å². The van der Waals surface area contributed by atoms with Crippen molar-refractivity contribution in [2.75, 3.05) is 33.7 Å². The third kappa shape index (κ3) is 2.39. The normalized spacial score (nSPS) is 34.2. The summed E-state index contributed by atoms with van der Waals surface area (Å²) in [5.74, 6) is 1.25. The van der Waals surface area contributed by atoms with E-state index in [9.17, 15) is 4.79 Å². The average molecular weight is 328 g/mol. The number of nitrogens with zero attached hydrogens (tertiary/aromatic N) is 2. The minimum absolute atomic E-state index is 0.0673. The van der Waals surface area contributed by atoms with Crippen LogP contribution in [0.2, 0.25) is 0 Å². The summed E-state index contributed by atoms with van der Waals surface area (Å²) in [5.41, 5.74) is 1.95. The third-order valence-corrected chi connectivity index (χ3v) is 6.28. The summed E-state index contributed by atoms with van der Waals surface area (Å²) in [6, 6.07) is 8.03. The number of fused-ring (bicyclic) bond motifs is 1. The molecule has 3 aliphatic heterocycles. The van der Waals surface area contributed by atoms with Crippen LogP contribution in [0.1, 0.15) is 35.7 Å². The Hall–Kier alpha value is -1.39. The van der Waals surface area contributed by atoms with Crippen molar-refractivity contribution >= 4 is 5.91 Å². The third-order valence-electron chi connectivity index (χ3n) is 6.28. The highest BCUT2D eigenvalue weighted by molar-refractivity contribution is 5.96. The van der Waals surface area contributed by atoms with Crippen molar-refractivity contribution in [3.8, 4) is 0 Å². The lowest BCUT2D eigenvalue weighted by Crippen LogP contribution is -2.40. The van der Waals surface area contributed by atoms with E-state index in [1.807, 2.05) is 18.2 Å². The van der Waals surface area contributed by atoms with Crippen molar-refractivity contribution in [2.24, 2.45) is 11.8 Å². The van der Waals surface area contributed by atoms with Crippen LogP contribution in [0.5, 0.6) is 0 Å². The van der Waals surface area contributed by atoms with Gasteiger partial charge in [0, 0.05) is 30.5 Å². The number of amides is 1. The van der Waals surface area contributed by atoms with Crippen LogP contribution in [0.3, 0.4) is 0 Å². The van der Waals surface area contributed by atoms with E-state index in [2.05, 4.69) is 36.9 Å². The zero-order valence-corrected chi connectivity index (χ0v) is 15.0. The van der Waals surface area contributed by atoms with E-state index >= 15 is 0 Å². The molecule has 4 rings (SSSR count). The van der Waals surface area contributed by atoms with Crippen molar-refractivity contribution in [1.82, 2.24) is 9.80 Å². The summed E-state index contributed by atoms with van der Waals surface area (Å²) in [4.78, 5) is 17.4. The van der Waals surface area contributed by atoms with Crippen LogP contribution in [-0.2, 0) is 11.2 Å². The van der Waals surface area contributed by atoms with Crippen molar-refractivity contribution in [3.05, 3.63) is 35.4 Å². The fraction of sp³-hybridized carbons (Fsp3) is 0.650. The van der Waals surface area contributed by atoms with Crippen LogP contribution in [0, 0.1) is 11.8 Å². The van der Waals surface area contributed by atoms with Gasteiger partial charge < -0.3 is 14.5 Å². The minimum atomic E-state index is -0.0673. The second kappa shape index (κ2) is 5.85. The molecule has 0 aromatic heterocycles. The van der Waals surface area contributed by atoms with Gasteiger partial charge in [-0.3, -0.25) is 4.79 Å². The second-order valence-electron chi connectivity index (χ2n) is 7.99. The van der Waals surface area contributed by atoms with E-state index in [4.69, 9.17) is 4.74 Å². The average Bonchev–Trinajstić information content (AvgIpc) is 3.23. The number of likely N-dealkylation sites (tertiary alicyclic amines) is 1. The van der Waals surface area contributed by atoms with E-state index in [1.165, 1.54) is 0 Å².